The molecule has 1 saturated heterocycles. The van der Waals surface area contributed by atoms with Gasteiger partial charge in [-0.05, 0) is 19.4 Å². The summed E-state index contributed by atoms with van der Waals surface area (Å²) in [6.45, 7) is 1.12. The van der Waals surface area contributed by atoms with Crippen LogP contribution in [-0.4, -0.2) is 55.9 Å². The van der Waals surface area contributed by atoms with E-state index in [4.69, 9.17) is 0 Å². The van der Waals surface area contributed by atoms with Gasteiger partial charge in [0, 0.05) is 26.2 Å². The molecule has 0 aliphatic carbocycles. The molecule has 0 radical (unpaired) electrons. The molecule has 1 rings (SSSR count). The van der Waals surface area contributed by atoms with Gasteiger partial charge in [-0.3, -0.25) is 0 Å². The summed E-state index contributed by atoms with van der Waals surface area (Å²) in [4.78, 5) is 3.73. The molecule has 0 atom stereocenters. The Kier molecular flexibility index (Phi) is 8.41. The Labute approximate surface area is 132 Å². The summed E-state index contributed by atoms with van der Waals surface area (Å²) < 4.78 is 36.3. The molecule has 1 aliphatic heterocycles. The molecule has 0 aromatic heterocycles. The van der Waals surface area contributed by atoms with Crippen molar-refractivity contribution in [2.45, 2.75) is 13.3 Å². The smallest absolute Gasteiger partial charge is 0.448 e. The van der Waals surface area contributed by atoms with Crippen molar-refractivity contribution in [3.63, 3.8) is 0 Å². The largest absolute Gasteiger partial charge is 1.00 e. The molecule has 0 aromatic rings. The molecule has 0 saturated carbocycles. The molecule has 0 aromatic carbocycles. The summed E-state index contributed by atoms with van der Waals surface area (Å²) >= 11 is 0. The number of halogens is 3. The van der Waals surface area contributed by atoms with Crippen LogP contribution < -0.4 is 51.4 Å². The van der Waals surface area contributed by atoms with Crippen LogP contribution in [0.2, 0.25) is 0 Å². The second-order valence-electron chi connectivity index (χ2n) is 3.85. The number of piperazine rings is 1. The van der Waals surface area contributed by atoms with Crippen LogP contribution in [0.1, 0.15) is 13.3 Å². The maximum absolute atomic E-state index is 12.1. The monoisotopic (exact) mass is 248 g/mol. The van der Waals surface area contributed by atoms with Crippen LogP contribution in [0.15, 0.2) is 0 Å². The van der Waals surface area contributed by atoms with Crippen molar-refractivity contribution in [1.29, 1.82) is 0 Å². The predicted molar refractivity (Wildman–Crippen MR) is 52.2 cm³/mol. The van der Waals surface area contributed by atoms with Crippen molar-refractivity contribution in [1.82, 2.24) is 9.80 Å². The van der Waals surface area contributed by atoms with E-state index in [0.717, 1.165) is 26.1 Å². The third-order valence-electron chi connectivity index (χ3n) is 2.47. The van der Waals surface area contributed by atoms with Gasteiger partial charge in [0.1, 0.15) is 0 Å². The van der Waals surface area contributed by atoms with Crippen molar-refractivity contribution in [2.24, 2.45) is 0 Å². The first-order valence-corrected chi connectivity index (χ1v) is 5.17. The second kappa shape index (κ2) is 7.68. The van der Waals surface area contributed by atoms with E-state index in [1.54, 1.807) is 0 Å². The number of hydrogen-bond acceptors (Lipinski definition) is 2. The minimum absolute atomic E-state index is 0. The fourth-order valence-corrected chi connectivity index (χ4v) is 1.80. The van der Waals surface area contributed by atoms with E-state index < -0.39 is 13.4 Å². The van der Waals surface area contributed by atoms with E-state index >= 15 is 0 Å². The molecule has 0 spiro atoms. The van der Waals surface area contributed by atoms with Crippen molar-refractivity contribution in [2.75, 3.05) is 39.2 Å². The van der Waals surface area contributed by atoms with Gasteiger partial charge in [0.2, 0.25) is 0 Å². The van der Waals surface area contributed by atoms with Gasteiger partial charge in [-0.25, -0.2) is 0 Å². The van der Waals surface area contributed by atoms with E-state index in [1.165, 1.54) is 4.90 Å². The molecule has 0 amide bonds. The molecule has 84 valence electrons. The molecule has 1 heterocycles. The predicted octanol–water partition coefficient (Wildman–Crippen LogP) is -1.60. The molecule has 7 heteroatoms. The van der Waals surface area contributed by atoms with E-state index in [0.29, 0.717) is 13.1 Å². The first kappa shape index (κ1) is 16.4. The number of hydrogen-bond donors (Lipinski definition) is 0. The minimum Gasteiger partial charge on any atom is -0.448 e. The topological polar surface area (TPSA) is 6.48 Å². The summed E-state index contributed by atoms with van der Waals surface area (Å²) in [5, 5.41) is 0. The fourth-order valence-electron chi connectivity index (χ4n) is 1.80. The van der Waals surface area contributed by atoms with Crippen LogP contribution in [0.25, 0.3) is 0 Å². The van der Waals surface area contributed by atoms with Crippen molar-refractivity contribution < 1.29 is 64.3 Å². The zero-order valence-electron chi connectivity index (χ0n) is 9.56. The van der Waals surface area contributed by atoms with Crippen LogP contribution in [0.4, 0.5) is 12.9 Å². The molecule has 0 N–H and O–H groups in total. The fraction of sp³-hybridized carbons (Fsp3) is 1.00. The van der Waals surface area contributed by atoms with Crippen LogP contribution in [0.5, 0.6) is 0 Å². The summed E-state index contributed by atoms with van der Waals surface area (Å²) in [5.74, 6) is 0. The molecule has 15 heavy (non-hydrogen) atoms. The summed E-state index contributed by atoms with van der Waals surface area (Å²) in [5.41, 5.74) is 0. The van der Waals surface area contributed by atoms with Gasteiger partial charge in [-0.1, -0.05) is 6.92 Å². The van der Waals surface area contributed by atoms with Crippen LogP contribution in [0, 0.1) is 0 Å². The van der Waals surface area contributed by atoms with Crippen molar-refractivity contribution >= 4 is 6.98 Å². The molecule has 1 aliphatic rings. The standard InChI is InChI=1S/C8H17BF3N2.K/c1-2-3-13-4-6-14(7-5-13)8-9(10,11)12;/h2-8H2,1H3;/q-1;+1. The van der Waals surface area contributed by atoms with Gasteiger partial charge in [0.15, 0.2) is 0 Å². The van der Waals surface area contributed by atoms with Crippen LogP contribution in [-0.2, 0) is 0 Å². The Balaban J connectivity index is 0.00000196. The first-order valence-electron chi connectivity index (χ1n) is 5.17. The Hall–Kier alpha value is 1.41. The normalized spacial score (nSPS) is 20.0. The van der Waals surface area contributed by atoms with Gasteiger partial charge >= 0.3 is 58.4 Å². The van der Waals surface area contributed by atoms with Crippen molar-refractivity contribution in [3.05, 3.63) is 0 Å². The molecular formula is C8H17BF3KN2. The Morgan fingerprint density at radius 1 is 1.00 bits per heavy atom. The molecule has 0 unspecified atom stereocenters. The minimum atomic E-state index is -4.65. The zero-order valence-corrected chi connectivity index (χ0v) is 12.7. The molecule has 2 nitrogen and oxygen atoms in total. The Morgan fingerprint density at radius 2 is 1.47 bits per heavy atom. The maximum Gasteiger partial charge on any atom is 1.00 e. The van der Waals surface area contributed by atoms with Gasteiger partial charge < -0.3 is 22.7 Å². The van der Waals surface area contributed by atoms with E-state index in [-0.39, 0.29) is 51.4 Å². The number of nitrogens with zero attached hydrogens (tertiary/aromatic N) is 2. The van der Waals surface area contributed by atoms with Gasteiger partial charge in [-0.15, -0.1) is 0 Å². The molecule has 0 bridgehead atoms. The third-order valence-corrected chi connectivity index (χ3v) is 2.47. The summed E-state index contributed by atoms with van der Waals surface area (Å²) in [7, 11) is 0. The zero-order chi connectivity index (χ0) is 10.6. The van der Waals surface area contributed by atoms with Crippen molar-refractivity contribution in [3.8, 4) is 0 Å². The summed E-state index contributed by atoms with van der Waals surface area (Å²) in [6, 6.07) is 0. The number of rotatable bonds is 4. The second-order valence-corrected chi connectivity index (χ2v) is 3.85. The van der Waals surface area contributed by atoms with E-state index in [2.05, 4.69) is 11.8 Å². The van der Waals surface area contributed by atoms with E-state index in [9.17, 15) is 12.9 Å². The average molecular weight is 248 g/mol. The molecule has 1 fully saturated rings. The van der Waals surface area contributed by atoms with Crippen LogP contribution >= 0.6 is 0 Å². The van der Waals surface area contributed by atoms with Gasteiger partial charge in [0.05, 0.1) is 0 Å². The SMILES string of the molecule is CCCN1CCN(C[B-](F)(F)F)CC1.[K+]. The first-order chi connectivity index (χ1) is 6.51. The Bertz CT molecular complexity index is 172. The maximum atomic E-state index is 12.1. The van der Waals surface area contributed by atoms with Crippen LogP contribution in [0.3, 0.4) is 0 Å². The van der Waals surface area contributed by atoms with Gasteiger partial charge in [0.25, 0.3) is 0 Å². The quantitative estimate of drug-likeness (QED) is 0.553. The Morgan fingerprint density at radius 3 is 1.87 bits per heavy atom. The average Bonchev–Trinajstić information content (AvgIpc) is 2.06. The molecular weight excluding hydrogens is 231 g/mol. The van der Waals surface area contributed by atoms with E-state index in [1.807, 2.05) is 0 Å². The third kappa shape index (κ3) is 7.36. The van der Waals surface area contributed by atoms with Gasteiger partial charge in [-0.2, -0.15) is 0 Å². The summed E-state index contributed by atoms with van der Waals surface area (Å²) in [6.07, 6.45) is 0.378.